The van der Waals surface area contributed by atoms with E-state index in [1.807, 2.05) is 0 Å². The monoisotopic (exact) mass is 452 g/mol. The van der Waals surface area contributed by atoms with Crippen LogP contribution in [0.2, 0.25) is 5.02 Å². The summed E-state index contributed by atoms with van der Waals surface area (Å²) in [6.07, 6.45) is 2.87. The van der Waals surface area contributed by atoms with Gasteiger partial charge in [0.25, 0.3) is 0 Å². The van der Waals surface area contributed by atoms with E-state index in [1.165, 1.54) is 24.3 Å². The van der Waals surface area contributed by atoms with E-state index in [4.69, 9.17) is 28.8 Å². The van der Waals surface area contributed by atoms with E-state index >= 15 is 0 Å². The predicted molar refractivity (Wildman–Crippen MR) is 120 cm³/mol. The van der Waals surface area contributed by atoms with Crippen LogP contribution in [0.25, 0.3) is 0 Å². The Kier molecular flexibility index (Phi) is 12.8. The molecule has 0 fully saturated rings. The number of halogens is 1. The van der Waals surface area contributed by atoms with Crippen molar-refractivity contribution in [2.45, 2.75) is 62.7 Å². The Labute approximate surface area is 177 Å². The van der Waals surface area contributed by atoms with Crippen molar-refractivity contribution in [2.75, 3.05) is 6.54 Å². The van der Waals surface area contributed by atoms with Crippen molar-refractivity contribution in [1.29, 1.82) is 0 Å². The average molecular weight is 453 g/mol. The van der Waals surface area contributed by atoms with Crippen LogP contribution in [0.15, 0.2) is 15.7 Å². The minimum Gasteiger partial charge on any atom is -0.330 e. The fourth-order valence-electron chi connectivity index (χ4n) is 2.07. The molecule has 1 rings (SSSR count). The number of carbonyl (C=O) groups is 2. The van der Waals surface area contributed by atoms with E-state index in [-0.39, 0.29) is 11.8 Å². The number of thiophene rings is 1. The molecule has 7 N–H and O–H groups in total. The molecule has 0 aliphatic rings. The second-order valence-corrected chi connectivity index (χ2v) is 10.6. The Morgan fingerprint density at radius 1 is 1.29 bits per heavy atom. The van der Waals surface area contributed by atoms with Gasteiger partial charge in [0.1, 0.15) is 9.99 Å². The van der Waals surface area contributed by atoms with Gasteiger partial charge in [0.15, 0.2) is 0 Å². The SMILES string of the molecule is C=S(=O)(NC(=O)C(N)CCCCN)c1cc(Cl)cs1.CC(=O)C(N)CC(C)C. The lowest BCUT2D eigenvalue weighted by molar-refractivity contribution is -0.120. The molecule has 0 aromatic carbocycles. The molecule has 0 saturated carbocycles. The predicted octanol–water partition coefficient (Wildman–Crippen LogP) is 1.91. The van der Waals surface area contributed by atoms with Gasteiger partial charge in [-0.15, -0.1) is 11.3 Å². The smallest absolute Gasteiger partial charge is 0.248 e. The first-order chi connectivity index (χ1) is 12.9. The summed E-state index contributed by atoms with van der Waals surface area (Å²) < 4.78 is 15.1. The molecule has 3 atom stereocenters. The van der Waals surface area contributed by atoms with Crippen LogP contribution in [0.1, 0.15) is 46.5 Å². The minimum atomic E-state index is -2.88. The number of amides is 1. The van der Waals surface area contributed by atoms with Crippen LogP contribution in [-0.4, -0.2) is 40.4 Å². The van der Waals surface area contributed by atoms with Gasteiger partial charge in [-0.3, -0.25) is 14.3 Å². The Morgan fingerprint density at radius 3 is 2.29 bits per heavy atom. The lowest BCUT2D eigenvalue weighted by Crippen LogP contribution is -2.43. The molecule has 7 nitrogen and oxygen atoms in total. The Morgan fingerprint density at radius 2 is 1.89 bits per heavy atom. The van der Waals surface area contributed by atoms with Gasteiger partial charge in [0, 0.05) is 5.38 Å². The van der Waals surface area contributed by atoms with Crippen molar-refractivity contribution < 1.29 is 13.8 Å². The van der Waals surface area contributed by atoms with Gasteiger partial charge in [-0.2, -0.15) is 0 Å². The van der Waals surface area contributed by atoms with Gasteiger partial charge in [-0.1, -0.05) is 31.9 Å². The molecule has 1 amide bonds. The van der Waals surface area contributed by atoms with Crippen molar-refractivity contribution in [1.82, 2.24) is 4.72 Å². The number of hydrogen-bond donors (Lipinski definition) is 4. The third kappa shape index (κ3) is 11.1. The number of rotatable bonds is 10. The average Bonchev–Trinajstić information content (AvgIpc) is 3.02. The van der Waals surface area contributed by atoms with Crippen LogP contribution in [0.4, 0.5) is 0 Å². The van der Waals surface area contributed by atoms with Gasteiger partial charge in [0.2, 0.25) is 5.91 Å². The molecule has 0 saturated heterocycles. The molecule has 1 aromatic rings. The highest BCUT2D eigenvalue weighted by molar-refractivity contribution is 8.00. The Hall–Kier alpha value is -0.970. The normalized spacial score (nSPS) is 15.1. The fourth-order valence-corrected chi connectivity index (χ4v) is 4.72. The van der Waals surface area contributed by atoms with E-state index in [0.29, 0.717) is 28.1 Å². The maximum absolute atomic E-state index is 12.3. The van der Waals surface area contributed by atoms with E-state index in [2.05, 4.69) is 24.4 Å². The van der Waals surface area contributed by atoms with Crippen molar-refractivity contribution >= 4 is 50.2 Å². The summed E-state index contributed by atoms with van der Waals surface area (Å²) in [6.45, 7) is 6.22. The fraction of sp³-hybridized carbons (Fsp3) is 0.611. The number of Topliss-reactive ketones (excluding diaryl/α,β-unsaturated/α-hetero) is 1. The third-order valence-corrected chi connectivity index (χ3v) is 7.15. The molecule has 1 aromatic heterocycles. The summed E-state index contributed by atoms with van der Waals surface area (Å²) >= 11 is 6.95. The second-order valence-electron chi connectivity index (χ2n) is 6.96. The quantitative estimate of drug-likeness (QED) is 0.315. The third-order valence-electron chi connectivity index (χ3n) is 3.69. The van der Waals surface area contributed by atoms with Gasteiger partial charge < -0.3 is 17.2 Å². The van der Waals surface area contributed by atoms with Crippen molar-refractivity contribution in [3.05, 3.63) is 16.5 Å². The van der Waals surface area contributed by atoms with Gasteiger partial charge in [0.05, 0.1) is 26.8 Å². The van der Waals surface area contributed by atoms with E-state index in [0.717, 1.165) is 19.3 Å². The van der Waals surface area contributed by atoms with Crippen LogP contribution in [-0.2, 0) is 19.3 Å². The Balaban J connectivity index is 0.000000684. The first-order valence-electron chi connectivity index (χ1n) is 9.05. The minimum absolute atomic E-state index is 0.0868. The number of nitrogens with two attached hydrogens (primary N) is 3. The summed E-state index contributed by atoms with van der Waals surface area (Å²) in [5, 5.41) is 2.10. The summed E-state index contributed by atoms with van der Waals surface area (Å²) in [5.41, 5.74) is 16.6. The lowest BCUT2D eigenvalue weighted by atomic mass is 10.0. The summed E-state index contributed by atoms with van der Waals surface area (Å²) in [5.74, 6) is 3.68. The molecular weight excluding hydrogens is 420 g/mol. The van der Waals surface area contributed by atoms with E-state index < -0.39 is 21.7 Å². The molecule has 162 valence electrons. The van der Waals surface area contributed by atoms with Gasteiger partial charge >= 0.3 is 0 Å². The molecule has 1 heterocycles. The number of ketones is 1. The van der Waals surface area contributed by atoms with Gasteiger partial charge in [-0.05, 0) is 50.6 Å². The maximum Gasteiger partial charge on any atom is 0.248 e. The second kappa shape index (κ2) is 13.3. The molecule has 0 bridgehead atoms. The number of nitrogens with one attached hydrogen (secondary N) is 1. The molecule has 0 spiro atoms. The molecule has 3 unspecified atom stereocenters. The van der Waals surface area contributed by atoms with Crippen molar-refractivity contribution in [2.24, 2.45) is 23.1 Å². The van der Waals surface area contributed by atoms with Gasteiger partial charge in [-0.25, -0.2) is 4.21 Å². The molecule has 0 aliphatic heterocycles. The molecule has 0 aliphatic carbocycles. The van der Waals surface area contributed by atoms with Crippen molar-refractivity contribution in [3.63, 3.8) is 0 Å². The van der Waals surface area contributed by atoms with Crippen LogP contribution in [0.3, 0.4) is 0 Å². The van der Waals surface area contributed by atoms with Crippen LogP contribution in [0.5, 0.6) is 0 Å². The molecule has 10 heteroatoms. The summed E-state index contributed by atoms with van der Waals surface area (Å²) in [4.78, 5) is 22.4. The number of unbranched alkanes of at least 4 members (excludes halogenated alkanes) is 1. The number of hydrogen-bond acceptors (Lipinski definition) is 7. The van der Waals surface area contributed by atoms with Crippen LogP contribution in [0, 0.1) is 5.92 Å². The summed E-state index contributed by atoms with van der Waals surface area (Å²) in [7, 11) is -2.88. The van der Waals surface area contributed by atoms with Crippen molar-refractivity contribution in [3.8, 4) is 0 Å². The zero-order valence-electron chi connectivity index (χ0n) is 16.8. The Bertz CT molecular complexity index is 720. The largest absolute Gasteiger partial charge is 0.330 e. The zero-order valence-corrected chi connectivity index (χ0v) is 19.2. The first-order valence-corrected chi connectivity index (χ1v) is 12.0. The number of carbonyl (C=O) groups excluding carboxylic acids is 2. The van der Waals surface area contributed by atoms with E-state index in [1.54, 1.807) is 5.38 Å². The highest BCUT2D eigenvalue weighted by Crippen LogP contribution is 2.23. The van der Waals surface area contributed by atoms with Crippen LogP contribution < -0.4 is 21.9 Å². The molecule has 28 heavy (non-hydrogen) atoms. The molecule has 0 radical (unpaired) electrons. The first kappa shape index (κ1) is 27.0. The topological polar surface area (TPSA) is 141 Å². The zero-order chi connectivity index (χ0) is 21.9. The maximum atomic E-state index is 12.3. The van der Waals surface area contributed by atoms with Crippen LogP contribution >= 0.6 is 22.9 Å². The van der Waals surface area contributed by atoms with E-state index in [9.17, 15) is 13.8 Å². The standard InChI is InChI=1S/C11H18ClN3O2S2.C7H15NO/c1-19(17,10-6-8(12)7-18-10)15-11(16)9(14)4-2-3-5-13;1-5(2)4-7(8)6(3)9/h6-7,9H,1-5,13-14H2,(H,15,16,17);5,7H,4,8H2,1-3H3. The highest BCUT2D eigenvalue weighted by Gasteiger charge is 2.19. The lowest BCUT2D eigenvalue weighted by Gasteiger charge is -2.14. The summed E-state index contributed by atoms with van der Waals surface area (Å²) in [6, 6.07) is 0.580. The molecular formula is C18H33ClN4O3S2. The highest BCUT2D eigenvalue weighted by atomic mass is 35.5.